The molecule has 0 radical (unpaired) electrons. The van der Waals surface area contributed by atoms with E-state index < -0.39 is 0 Å². The van der Waals surface area contributed by atoms with Crippen molar-refractivity contribution in [2.45, 2.75) is 72.1 Å². The molecule has 4 nitrogen and oxygen atoms in total. The van der Waals surface area contributed by atoms with Gasteiger partial charge in [0.1, 0.15) is 5.75 Å². The van der Waals surface area contributed by atoms with Crippen LogP contribution in [0.5, 0.6) is 5.75 Å². The van der Waals surface area contributed by atoms with Gasteiger partial charge in [-0.05, 0) is 50.1 Å². The third-order valence-corrected chi connectivity index (χ3v) is 3.94. The van der Waals surface area contributed by atoms with Crippen LogP contribution in [0.4, 0.5) is 0 Å². The Morgan fingerprint density at radius 2 is 1.62 bits per heavy atom. The average Bonchev–Trinajstić information content (AvgIpc) is 2.60. The van der Waals surface area contributed by atoms with Gasteiger partial charge in [-0.2, -0.15) is 5.10 Å². The quantitative estimate of drug-likeness (QED) is 0.330. The number of ether oxygens (including phenoxy) is 1. The van der Waals surface area contributed by atoms with Crippen LogP contribution in [0.25, 0.3) is 0 Å². The van der Waals surface area contributed by atoms with E-state index in [1.54, 1.807) is 0 Å². The summed E-state index contributed by atoms with van der Waals surface area (Å²) in [5.74, 6) is 0.839. The smallest absolute Gasteiger partial charge is 0.240 e. The van der Waals surface area contributed by atoms with Gasteiger partial charge in [-0.3, -0.25) is 4.79 Å². The number of hydrogen-bond acceptors (Lipinski definition) is 3. The van der Waals surface area contributed by atoms with Crippen molar-refractivity contribution in [2.75, 3.05) is 6.61 Å². The number of amides is 1. The maximum absolute atomic E-state index is 11.8. The first-order valence-corrected chi connectivity index (χ1v) is 9.23. The van der Waals surface area contributed by atoms with Crippen LogP contribution in [-0.4, -0.2) is 18.2 Å². The second-order valence-corrected chi connectivity index (χ2v) is 6.06. The first-order chi connectivity index (χ1) is 11.7. The van der Waals surface area contributed by atoms with Gasteiger partial charge in [-0.25, -0.2) is 5.43 Å². The normalized spacial score (nSPS) is 11.4. The number of benzene rings is 1. The Kier molecular flexibility index (Phi) is 10.6. The van der Waals surface area contributed by atoms with Crippen LogP contribution < -0.4 is 10.2 Å². The standard InChI is InChI=1S/C20H32N2O2/c1-4-6-7-8-9-10-11-12-20(23)22-21-17(3)18-13-15-19(16-14-18)24-5-2/h13-16H,4-12H2,1-3H3,(H,22,23). The number of hydrogen-bond donors (Lipinski definition) is 1. The van der Waals surface area contributed by atoms with Gasteiger partial charge in [0.2, 0.25) is 5.91 Å². The maximum atomic E-state index is 11.8. The number of rotatable bonds is 12. The van der Waals surface area contributed by atoms with Crippen LogP contribution in [0, 0.1) is 0 Å². The zero-order valence-corrected chi connectivity index (χ0v) is 15.4. The Labute approximate surface area is 146 Å². The Morgan fingerprint density at radius 1 is 1.00 bits per heavy atom. The third kappa shape index (κ3) is 8.70. The molecule has 0 aliphatic rings. The van der Waals surface area contributed by atoms with Crippen LogP contribution in [0.3, 0.4) is 0 Å². The van der Waals surface area contributed by atoms with Crippen LogP contribution in [0.15, 0.2) is 29.4 Å². The predicted molar refractivity (Wildman–Crippen MR) is 101 cm³/mol. The lowest BCUT2D eigenvalue weighted by Crippen LogP contribution is -2.18. The Bertz CT molecular complexity index is 495. The topological polar surface area (TPSA) is 50.7 Å². The molecule has 0 bridgehead atoms. The molecular formula is C20H32N2O2. The zero-order valence-electron chi connectivity index (χ0n) is 15.4. The molecular weight excluding hydrogens is 300 g/mol. The molecule has 1 rings (SSSR count). The predicted octanol–water partition coefficient (Wildman–Crippen LogP) is 5.07. The zero-order chi connectivity index (χ0) is 17.6. The van der Waals surface area contributed by atoms with E-state index in [2.05, 4.69) is 17.5 Å². The molecule has 0 aliphatic heterocycles. The summed E-state index contributed by atoms with van der Waals surface area (Å²) in [5.41, 5.74) is 4.43. The number of nitrogens with zero attached hydrogens (tertiary/aromatic N) is 1. The highest BCUT2D eigenvalue weighted by Crippen LogP contribution is 2.12. The van der Waals surface area contributed by atoms with Crippen molar-refractivity contribution in [3.05, 3.63) is 29.8 Å². The fraction of sp³-hybridized carbons (Fsp3) is 0.600. The van der Waals surface area contributed by atoms with E-state index in [1.807, 2.05) is 38.1 Å². The Balaban J connectivity index is 2.25. The van der Waals surface area contributed by atoms with Crippen molar-refractivity contribution in [3.8, 4) is 5.75 Å². The molecule has 134 valence electrons. The molecule has 24 heavy (non-hydrogen) atoms. The second-order valence-electron chi connectivity index (χ2n) is 6.06. The van der Waals surface area contributed by atoms with Gasteiger partial charge in [-0.15, -0.1) is 0 Å². The largest absolute Gasteiger partial charge is 0.494 e. The van der Waals surface area contributed by atoms with Gasteiger partial charge in [0, 0.05) is 6.42 Å². The molecule has 0 heterocycles. The SMILES string of the molecule is CCCCCCCCCC(=O)NN=C(C)c1ccc(OCC)cc1. The fourth-order valence-corrected chi connectivity index (χ4v) is 2.47. The van der Waals surface area contributed by atoms with E-state index >= 15 is 0 Å². The number of carbonyl (C=O) groups is 1. The van der Waals surface area contributed by atoms with Gasteiger partial charge < -0.3 is 4.74 Å². The minimum absolute atomic E-state index is 0.00570. The lowest BCUT2D eigenvalue weighted by molar-refractivity contribution is -0.121. The van der Waals surface area contributed by atoms with E-state index in [1.165, 1.54) is 32.1 Å². The van der Waals surface area contributed by atoms with Crippen molar-refractivity contribution in [3.63, 3.8) is 0 Å². The number of carbonyl (C=O) groups excluding carboxylic acids is 1. The van der Waals surface area contributed by atoms with Gasteiger partial charge in [0.25, 0.3) is 0 Å². The lowest BCUT2D eigenvalue weighted by atomic mass is 10.1. The number of unbranched alkanes of at least 4 members (excludes halogenated alkanes) is 6. The summed E-state index contributed by atoms with van der Waals surface area (Å²) in [6, 6.07) is 7.73. The molecule has 1 amide bonds. The molecule has 0 aromatic heterocycles. The minimum Gasteiger partial charge on any atom is -0.494 e. The van der Waals surface area contributed by atoms with Crippen LogP contribution in [0.1, 0.15) is 77.7 Å². The summed E-state index contributed by atoms with van der Waals surface area (Å²) in [4.78, 5) is 11.8. The van der Waals surface area contributed by atoms with E-state index in [9.17, 15) is 4.79 Å². The number of nitrogens with one attached hydrogen (secondary N) is 1. The van der Waals surface area contributed by atoms with Crippen molar-refractivity contribution >= 4 is 11.6 Å². The lowest BCUT2D eigenvalue weighted by Gasteiger charge is -2.05. The van der Waals surface area contributed by atoms with Gasteiger partial charge in [0.15, 0.2) is 0 Å². The Morgan fingerprint density at radius 3 is 2.25 bits per heavy atom. The van der Waals surface area contributed by atoms with Gasteiger partial charge in [-0.1, -0.05) is 45.4 Å². The highest BCUT2D eigenvalue weighted by Gasteiger charge is 2.02. The number of hydrazone groups is 1. The third-order valence-electron chi connectivity index (χ3n) is 3.94. The van der Waals surface area contributed by atoms with Crippen LogP contribution >= 0.6 is 0 Å². The highest BCUT2D eigenvalue weighted by atomic mass is 16.5. The van der Waals surface area contributed by atoms with E-state index in [0.29, 0.717) is 13.0 Å². The van der Waals surface area contributed by atoms with Crippen molar-refractivity contribution in [1.82, 2.24) is 5.43 Å². The molecule has 1 aromatic rings. The second kappa shape index (κ2) is 12.6. The molecule has 1 aromatic carbocycles. The van der Waals surface area contributed by atoms with E-state index in [-0.39, 0.29) is 5.91 Å². The molecule has 0 aliphatic carbocycles. The summed E-state index contributed by atoms with van der Waals surface area (Å²) in [5, 5.41) is 4.19. The molecule has 0 fully saturated rings. The first kappa shape index (κ1) is 20.2. The monoisotopic (exact) mass is 332 g/mol. The van der Waals surface area contributed by atoms with E-state index in [4.69, 9.17) is 4.74 Å². The molecule has 0 saturated heterocycles. The summed E-state index contributed by atoms with van der Waals surface area (Å²) in [6.45, 7) is 6.73. The molecule has 0 unspecified atom stereocenters. The highest BCUT2D eigenvalue weighted by molar-refractivity contribution is 5.99. The Hall–Kier alpha value is -1.84. The fourth-order valence-electron chi connectivity index (χ4n) is 2.47. The molecule has 1 N–H and O–H groups in total. The van der Waals surface area contributed by atoms with Crippen molar-refractivity contribution in [2.24, 2.45) is 5.10 Å². The first-order valence-electron chi connectivity index (χ1n) is 9.23. The van der Waals surface area contributed by atoms with Gasteiger partial charge >= 0.3 is 0 Å². The molecule has 0 atom stereocenters. The summed E-state index contributed by atoms with van der Waals surface area (Å²) in [6.07, 6.45) is 9.02. The molecule has 0 saturated carbocycles. The summed E-state index contributed by atoms with van der Waals surface area (Å²) in [7, 11) is 0. The van der Waals surface area contributed by atoms with Crippen molar-refractivity contribution < 1.29 is 9.53 Å². The average molecular weight is 332 g/mol. The van der Waals surface area contributed by atoms with E-state index in [0.717, 1.165) is 29.9 Å². The van der Waals surface area contributed by atoms with Crippen molar-refractivity contribution in [1.29, 1.82) is 0 Å². The molecule has 4 heteroatoms. The van der Waals surface area contributed by atoms with Gasteiger partial charge in [0.05, 0.1) is 12.3 Å². The summed E-state index contributed by atoms with van der Waals surface area (Å²) < 4.78 is 5.41. The minimum atomic E-state index is -0.00570. The summed E-state index contributed by atoms with van der Waals surface area (Å²) >= 11 is 0. The maximum Gasteiger partial charge on any atom is 0.240 e. The van der Waals surface area contributed by atoms with Crippen LogP contribution in [-0.2, 0) is 4.79 Å². The molecule has 0 spiro atoms. The van der Waals surface area contributed by atoms with Crippen LogP contribution in [0.2, 0.25) is 0 Å².